The number of carbonyl (C=O) groups excluding carboxylic acids is 1. The number of piperidine rings is 1. The van der Waals surface area contributed by atoms with E-state index in [1.54, 1.807) is 0 Å². The van der Waals surface area contributed by atoms with Gasteiger partial charge >= 0.3 is 0 Å². The topological polar surface area (TPSA) is 20.3 Å². The second-order valence-electron chi connectivity index (χ2n) is 3.23. The van der Waals surface area contributed by atoms with Crippen molar-refractivity contribution in [2.24, 2.45) is 0 Å². The number of rotatable bonds is 3. The summed E-state index contributed by atoms with van der Waals surface area (Å²) in [6.07, 6.45) is 4.09. The first-order valence-corrected chi connectivity index (χ1v) is 4.57. The van der Waals surface area contributed by atoms with Gasteiger partial charge < -0.3 is 4.90 Å². The van der Waals surface area contributed by atoms with E-state index in [4.69, 9.17) is 0 Å². The minimum Gasteiger partial charge on any atom is -0.302 e. The van der Waals surface area contributed by atoms with Gasteiger partial charge in [0.25, 0.3) is 0 Å². The van der Waals surface area contributed by atoms with Crippen molar-refractivity contribution in [1.29, 1.82) is 0 Å². The molecule has 0 aliphatic carbocycles. The summed E-state index contributed by atoms with van der Waals surface area (Å²) < 4.78 is 0. The lowest BCUT2D eigenvalue weighted by Crippen LogP contribution is -2.34. The molecule has 1 aliphatic rings. The van der Waals surface area contributed by atoms with Crippen LogP contribution in [-0.4, -0.2) is 30.3 Å². The third kappa shape index (κ3) is 4.07. The monoisotopic (exact) mass is 191 g/mol. The maximum atomic E-state index is 10.9. The number of hydrogen-bond acceptors (Lipinski definition) is 2. The van der Waals surface area contributed by atoms with E-state index in [9.17, 15) is 4.79 Å². The number of hydrogen-bond donors (Lipinski definition) is 0. The van der Waals surface area contributed by atoms with Crippen molar-refractivity contribution in [2.75, 3.05) is 19.6 Å². The highest BCUT2D eigenvalue weighted by Crippen LogP contribution is 2.06. The van der Waals surface area contributed by atoms with Gasteiger partial charge in [-0.3, -0.25) is 4.79 Å². The summed E-state index contributed by atoms with van der Waals surface area (Å²) in [6.45, 7) is 5.39. The summed E-state index contributed by atoms with van der Waals surface area (Å²) in [5, 5.41) is 0. The molecule has 0 atom stereocenters. The highest BCUT2D eigenvalue weighted by Gasteiger charge is 2.14. The largest absolute Gasteiger partial charge is 0.302 e. The fourth-order valence-electron chi connectivity index (χ4n) is 1.41. The lowest BCUT2D eigenvalue weighted by atomic mass is 10.1. The van der Waals surface area contributed by atoms with Gasteiger partial charge in [0.05, 0.1) is 0 Å². The summed E-state index contributed by atoms with van der Waals surface area (Å²) in [5.41, 5.74) is 0. The SMILES string of the molecule is CCCCN1CCC(=O)CC1.Cl. The molecule has 1 rings (SSSR count). The Morgan fingerprint density at radius 3 is 2.42 bits per heavy atom. The number of unbranched alkanes of at least 4 members (excludes halogenated alkanes) is 1. The van der Waals surface area contributed by atoms with Crippen molar-refractivity contribution < 1.29 is 4.79 Å². The molecule has 0 bridgehead atoms. The van der Waals surface area contributed by atoms with Crippen LogP contribution in [0.2, 0.25) is 0 Å². The van der Waals surface area contributed by atoms with Crippen LogP contribution in [0.1, 0.15) is 32.6 Å². The van der Waals surface area contributed by atoms with Gasteiger partial charge in [-0.15, -0.1) is 12.4 Å². The van der Waals surface area contributed by atoms with E-state index in [1.165, 1.54) is 19.4 Å². The molecule has 0 amide bonds. The van der Waals surface area contributed by atoms with Gasteiger partial charge in [0, 0.05) is 25.9 Å². The number of ketones is 1. The van der Waals surface area contributed by atoms with Crippen molar-refractivity contribution in [3.05, 3.63) is 0 Å². The second kappa shape index (κ2) is 6.44. The van der Waals surface area contributed by atoms with E-state index in [1.807, 2.05) is 0 Å². The summed E-state index contributed by atoms with van der Waals surface area (Å²) in [7, 11) is 0. The molecule has 0 aromatic heterocycles. The molecule has 1 heterocycles. The quantitative estimate of drug-likeness (QED) is 0.679. The molecule has 0 unspecified atom stereocenters. The highest BCUT2D eigenvalue weighted by atomic mass is 35.5. The van der Waals surface area contributed by atoms with E-state index in [2.05, 4.69) is 11.8 Å². The molecule has 0 aromatic rings. The van der Waals surface area contributed by atoms with E-state index in [0.29, 0.717) is 5.78 Å². The van der Waals surface area contributed by atoms with Crippen molar-refractivity contribution in [3.63, 3.8) is 0 Å². The van der Waals surface area contributed by atoms with Gasteiger partial charge in [-0.25, -0.2) is 0 Å². The summed E-state index contributed by atoms with van der Waals surface area (Å²) in [4.78, 5) is 13.2. The predicted molar refractivity (Wildman–Crippen MR) is 52.8 cm³/mol. The Morgan fingerprint density at radius 1 is 1.33 bits per heavy atom. The van der Waals surface area contributed by atoms with E-state index < -0.39 is 0 Å². The first kappa shape index (κ1) is 11.9. The van der Waals surface area contributed by atoms with Crippen LogP contribution in [0, 0.1) is 0 Å². The molecule has 1 saturated heterocycles. The number of likely N-dealkylation sites (tertiary alicyclic amines) is 1. The molecule has 12 heavy (non-hydrogen) atoms. The molecule has 1 aliphatic heterocycles. The Hall–Kier alpha value is -0.0800. The smallest absolute Gasteiger partial charge is 0.135 e. The fourth-order valence-corrected chi connectivity index (χ4v) is 1.41. The van der Waals surface area contributed by atoms with E-state index in [-0.39, 0.29) is 12.4 Å². The summed E-state index contributed by atoms with van der Waals surface area (Å²) >= 11 is 0. The van der Waals surface area contributed by atoms with Crippen LogP contribution >= 0.6 is 12.4 Å². The zero-order valence-corrected chi connectivity index (χ0v) is 8.53. The zero-order chi connectivity index (χ0) is 8.10. The molecule has 2 nitrogen and oxygen atoms in total. The first-order chi connectivity index (χ1) is 5.33. The Kier molecular flexibility index (Phi) is 6.39. The van der Waals surface area contributed by atoms with Gasteiger partial charge in [-0.05, 0) is 13.0 Å². The molecule has 0 N–H and O–H groups in total. The third-order valence-electron chi connectivity index (χ3n) is 2.24. The number of halogens is 1. The van der Waals surface area contributed by atoms with Gasteiger partial charge in [0.15, 0.2) is 0 Å². The third-order valence-corrected chi connectivity index (χ3v) is 2.24. The first-order valence-electron chi connectivity index (χ1n) is 4.57. The lowest BCUT2D eigenvalue weighted by molar-refractivity contribution is -0.121. The molecule has 3 heteroatoms. The van der Waals surface area contributed by atoms with E-state index >= 15 is 0 Å². The van der Waals surface area contributed by atoms with Crippen LogP contribution in [-0.2, 0) is 4.79 Å². The van der Waals surface area contributed by atoms with Crippen LogP contribution in [0.3, 0.4) is 0 Å². The Labute approximate surface area is 80.7 Å². The van der Waals surface area contributed by atoms with Gasteiger partial charge in [-0.2, -0.15) is 0 Å². The Balaban J connectivity index is 0.00000121. The van der Waals surface area contributed by atoms with Crippen molar-refractivity contribution in [2.45, 2.75) is 32.6 Å². The minimum atomic E-state index is 0. The van der Waals surface area contributed by atoms with Crippen LogP contribution < -0.4 is 0 Å². The van der Waals surface area contributed by atoms with Crippen LogP contribution in [0.15, 0.2) is 0 Å². The normalized spacial score (nSPS) is 18.9. The summed E-state index contributed by atoms with van der Waals surface area (Å²) in [5.74, 6) is 0.442. The van der Waals surface area contributed by atoms with Crippen molar-refractivity contribution in [3.8, 4) is 0 Å². The standard InChI is InChI=1S/C9H17NO.ClH/c1-2-3-6-10-7-4-9(11)5-8-10;/h2-8H2,1H3;1H. The average molecular weight is 192 g/mol. The predicted octanol–water partition coefficient (Wildman–Crippen LogP) is 1.87. The average Bonchev–Trinajstić information content (AvgIpc) is 2.04. The number of Topliss-reactive ketones (excluding diaryl/α,β-unsaturated/α-hetero) is 1. The lowest BCUT2D eigenvalue weighted by Gasteiger charge is -2.25. The number of nitrogens with zero attached hydrogens (tertiary/aromatic N) is 1. The Morgan fingerprint density at radius 2 is 1.92 bits per heavy atom. The number of carbonyl (C=O) groups is 1. The molecular formula is C9H18ClNO. The second-order valence-corrected chi connectivity index (χ2v) is 3.23. The van der Waals surface area contributed by atoms with Crippen LogP contribution in [0.25, 0.3) is 0 Å². The van der Waals surface area contributed by atoms with Gasteiger partial charge in [0.2, 0.25) is 0 Å². The fraction of sp³-hybridized carbons (Fsp3) is 0.889. The molecule has 72 valence electrons. The molecule has 0 saturated carbocycles. The molecule has 1 fully saturated rings. The van der Waals surface area contributed by atoms with E-state index in [0.717, 1.165) is 25.9 Å². The summed E-state index contributed by atoms with van der Waals surface area (Å²) in [6, 6.07) is 0. The molecule has 0 aromatic carbocycles. The molecular weight excluding hydrogens is 174 g/mol. The van der Waals surface area contributed by atoms with Gasteiger partial charge in [-0.1, -0.05) is 13.3 Å². The minimum absolute atomic E-state index is 0. The molecule has 0 radical (unpaired) electrons. The maximum Gasteiger partial charge on any atom is 0.135 e. The van der Waals surface area contributed by atoms with Crippen LogP contribution in [0.5, 0.6) is 0 Å². The molecule has 0 spiro atoms. The van der Waals surface area contributed by atoms with Crippen LogP contribution in [0.4, 0.5) is 0 Å². The van der Waals surface area contributed by atoms with Crippen molar-refractivity contribution >= 4 is 18.2 Å². The Bertz CT molecular complexity index is 128. The zero-order valence-electron chi connectivity index (χ0n) is 7.71. The van der Waals surface area contributed by atoms with Gasteiger partial charge in [0.1, 0.15) is 5.78 Å². The highest BCUT2D eigenvalue weighted by molar-refractivity contribution is 5.85. The van der Waals surface area contributed by atoms with Crippen molar-refractivity contribution in [1.82, 2.24) is 4.90 Å². The maximum absolute atomic E-state index is 10.9.